The first-order valence-corrected chi connectivity index (χ1v) is 10.8. The number of benzene rings is 5. The fourth-order valence-corrected chi connectivity index (χ4v) is 5.10. The minimum Gasteiger partial charge on any atom is -0.254 e. The van der Waals surface area contributed by atoms with Crippen molar-refractivity contribution in [2.75, 3.05) is 0 Å². The molecule has 0 N–H and O–H groups in total. The summed E-state index contributed by atoms with van der Waals surface area (Å²) < 4.78 is 0. The Bertz CT molecular complexity index is 1830. The van der Waals surface area contributed by atoms with Gasteiger partial charge in [-0.3, -0.25) is 9.97 Å². The summed E-state index contributed by atoms with van der Waals surface area (Å²) in [7, 11) is 0. The Morgan fingerprint density at radius 1 is 0.438 bits per heavy atom. The van der Waals surface area contributed by atoms with Crippen LogP contribution in [0.15, 0.2) is 109 Å². The first-order chi connectivity index (χ1) is 15.9. The van der Waals surface area contributed by atoms with Crippen LogP contribution in [0.3, 0.4) is 0 Å². The quantitative estimate of drug-likeness (QED) is 0.204. The Morgan fingerprint density at radius 2 is 1.09 bits per heavy atom. The summed E-state index contributed by atoms with van der Waals surface area (Å²) in [6.45, 7) is 0. The molecule has 32 heavy (non-hydrogen) atoms. The third kappa shape index (κ3) is 2.41. The molecule has 0 aliphatic rings. The van der Waals surface area contributed by atoms with E-state index in [0.29, 0.717) is 0 Å². The molecule has 2 nitrogen and oxygen atoms in total. The van der Waals surface area contributed by atoms with E-state index in [-0.39, 0.29) is 0 Å². The summed E-state index contributed by atoms with van der Waals surface area (Å²) in [5, 5.41) is 9.80. The summed E-state index contributed by atoms with van der Waals surface area (Å²) in [5.74, 6) is 0. The maximum atomic E-state index is 4.76. The van der Waals surface area contributed by atoms with Crippen molar-refractivity contribution in [1.82, 2.24) is 9.97 Å². The van der Waals surface area contributed by atoms with Crippen LogP contribution in [0.4, 0.5) is 0 Å². The first-order valence-electron chi connectivity index (χ1n) is 10.8. The third-order valence-corrected chi connectivity index (χ3v) is 6.48. The average molecular weight is 406 g/mol. The van der Waals surface area contributed by atoms with Crippen LogP contribution >= 0.6 is 0 Å². The lowest BCUT2D eigenvalue weighted by Gasteiger charge is -2.17. The number of fused-ring (bicyclic) bond motifs is 7. The standard InChI is InChI=1S/C30H18N2/c1-3-10-23-19(7-1)13-14-21-17-20-8-2-4-11-24(20)28(27(21)23)26-18-22-9-5-15-31-29(22)30-25(26)12-6-16-32-30/h1-18H. The minimum absolute atomic E-state index is 0.946. The van der Waals surface area contributed by atoms with Gasteiger partial charge in [0.1, 0.15) is 0 Å². The molecule has 0 saturated carbocycles. The van der Waals surface area contributed by atoms with E-state index >= 15 is 0 Å². The second-order valence-electron chi connectivity index (χ2n) is 8.26. The lowest BCUT2D eigenvalue weighted by molar-refractivity contribution is 1.37. The van der Waals surface area contributed by atoms with E-state index in [2.05, 4.69) is 89.9 Å². The smallest absolute Gasteiger partial charge is 0.0970 e. The van der Waals surface area contributed by atoms with Crippen molar-refractivity contribution < 1.29 is 0 Å². The molecule has 0 saturated heterocycles. The van der Waals surface area contributed by atoms with Gasteiger partial charge in [0.25, 0.3) is 0 Å². The third-order valence-electron chi connectivity index (χ3n) is 6.48. The largest absolute Gasteiger partial charge is 0.254 e. The van der Waals surface area contributed by atoms with E-state index < -0.39 is 0 Å². The van der Waals surface area contributed by atoms with Gasteiger partial charge >= 0.3 is 0 Å². The van der Waals surface area contributed by atoms with Gasteiger partial charge in [0.15, 0.2) is 0 Å². The van der Waals surface area contributed by atoms with Crippen molar-refractivity contribution in [3.8, 4) is 11.1 Å². The van der Waals surface area contributed by atoms with Gasteiger partial charge in [-0.25, -0.2) is 0 Å². The summed E-state index contributed by atoms with van der Waals surface area (Å²) in [6.07, 6.45) is 3.70. The van der Waals surface area contributed by atoms with E-state index in [1.807, 2.05) is 24.5 Å². The van der Waals surface area contributed by atoms with Crippen LogP contribution in [0.25, 0.3) is 65.3 Å². The molecule has 0 radical (unpaired) electrons. The molecule has 2 aromatic heterocycles. The van der Waals surface area contributed by atoms with Gasteiger partial charge in [0.2, 0.25) is 0 Å². The van der Waals surface area contributed by atoms with E-state index in [1.165, 1.54) is 43.4 Å². The van der Waals surface area contributed by atoms with Gasteiger partial charge in [-0.1, -0.05) is 72.8 Å². The minimum atomic E-state index is 0.946. The van der Waals surface area contributed by atoms with E-state index in [9.17, 15) is 0 Å². The van der Waals surface area contributed by atoms with Crippen LogP contribution in [0.1, 0.15) is 0 Å². The van der Waals surface area contributed by atoms with Crippen molar-refractivity contribution in [3.63, 3.8) is 0 Å². The number of hydrogen-bond donors (Lipinski definition) is 0. The average Bonchev–Trinajstić information content (AvgIpc) is 2.87. The molecule has 5 aromatic carbocycles. The highest BCUT2D eigenvalue weighted by Gasteiger charge is 2.17. The molecule has 148 valence electrons. The molecule has 0 unspecified atom stereocenters. The Kier molecular flexibility index (Phi) is 3.58. The number of aromatic nitrogens is 2. The zero-order valence-corrected chi connectivity index (χ0v) is 17.3. The van der Waals surface area contributed by atoms with Crippen LogP contribution in [0.5, 0.6) is 0 Å². The highest BCUT2D eigenvalue weighted by molar-refractivity contribution is 6.25. The Hall–Kier alpha value is -4.30. The number of nitrogens with zero attached hydrogens (tertiary/aromatic N) is 2. The second kappa shape index (κ2) is 6.60. The molecule has 0 atom stereocenters. The molecule has 0 fully saturated rings. The molecular weight excluding hydrogens is 388 g/mol. The Labute approximate surface area is 184 Å². The normalized spacial score (nSPS) is 11.8. The molecule has 2 heterocycles. The number of pyridine rings is 2. The molecule has 2 heteroatoms. The summed E-state index contributed by atoms with van der Waals surface area (Å²) in [4.78, 5) is 9.41. The monoisotopic (exact) mass is 406 g/mol. The molecular formula is C30H18N2. The van der Waals surface area contributed by atoms with Gasteiger partial charge in [-0.15, -0.1) is 0 Å². The number of rotatable bonds is 1. The lowest BCUT2D eigenvalue weighted by Crippen LogP contribution is -1.92. The summed E-state index contributed by atoms with van der Waals surface area (Å²) in [5.41, 5.74) is 4.36. The highest BCUT2D eigenvalue weighted by atomic mass is 14.7. The molecule has 0 spiro atoms. The van der Waals surface area contributed by atoms with E-state index in [1.54, 1.807) is 0 Å². The van der Waals surface area contributed by atoms with Gasteiger partial charge in [0.05, 0.1) is 11.0 Å². The van der Waals surface area contributed by atoms with Crippen molar-refractivity contribution in [2.24, 2.45) is 0 Å². The zero-order valence-electron chi connectivity index (χ0n) is 17.3. The molecule has 0 bridgehead atoms. The van der Waals surface area contributed by atoms with Crippen LogP contribution < -0.4 is 0 Å². The van der Waals surface area contributed by atoms with E-state index in [4.69, 9.17) is 4.98 Å². The zero-order chi connectivity index (χ0) is 21.1. The van der Waals surface area contributed by atoms with Crippen molar-refractivity contribution in [3.05, 3.63) is 109 Å². The Balaban J connectivity index is 1.79. The fourth-order valence-electron chi connectivity index (χ4n) is 5.10. The molecule has 0 aliphatic heterocycles. The summed E-state index contributed by atoms with van der Waals surface area (Å²) in [6, 6.07) is 34.7. The highest BCUT2D eigenvalue weighted by Crippen LogP contribution is 2.43. The summed E-state index contributed by atoms with van der Waals surface area (Å²) >= 11 is 0. The van der Waals surface area contributed by atoms with Crippen molar-refractivity contribution >= 4 is 54.1 Å². The SMILES string of the molecule is c1ccc2c(-c3cc4cccnc4c4ncccc34)c3c(ccc4ccccc43)cc2c1. The molecule has 0 aliphatic carbocycles. The maximum Gasteiger partial charge on any atom is 0.0970 e. The van der Waals surface area contributed by atoms with Gasteiger partial charge in [-0.2, -0.15) is 0 Å². The fraction of sp³-hybridized carbons (Fsp3) is 0. The van der Waals surface area contributed by atoms with Gasteiger partial charge < -0.3 is 0 Å². The second-order valence-corrected chi connectivity index (χ2v) is 8.26. The molecule has 0 amide bonds. The van der Waals surface area contributed by atoms with Crippen LogP contribution in [-0.2, 0) is 0 Å². The first kappa shape index (κ1) is 17.4. The van der Waals surface area contributed by atoms with Gasteiger partial charge in [0, 0.05) is 23.2 Å². The molecule has 7 rings (SSSR count). The molecule has 7 aromatic rings. The maximum absolute atomic E-state index is 4.76. The van der Waals surface area contributed by atoms with Crippen LogP contribution in [0, 0.1) is 0 Å². The van der Waals surface area contributed by atoms with Crippen LogP contribution in [0.2, 0.25) is 0 Å². The predicted octanol–water partition coefficient (Wildman–Crippen LogP) is 7.91. The van der Waals surface area contributed by atoms with E-state index in [0.717, 1.165) is 21.8 Å². The van der Waals surface area contributed by atoms with Crippen molar-refractivity contribution in [1.29, 1.82) is 0 Å². The Morgan fingerprint density at radius 3 is 2.00 bits per heavy atom. The van der Waals surface area contributed by atoms with Gasteiger partial charge in [-0.05, 0) is 67.7 Å². The lowest BCUT2D eigenvalue weighted by atomic mass is 9.87. The predicted molar refractivity (Wildman–Crippen MR) is 135 cm³/mol. The number of hydrogen-bond acceptors (Lipinski definition) is 2. The van der Waals surface area contributed by atoms with Crippen molar-refractivity contribution in [2.45, 2.75) is 0 Å². The topological polar surface area (TPSA) is 25.8 Å². The van der Waals surface area contributed by atoms with Crippen LogP contribution in [-0.4, -0.2) is 9.97 Å².